The summed E-state index contributed by atoms with van der Waals surface area (Å²) in [6, 6.07) is 6.04. The summed E-state index contributed by atoms with van der Waals surface area (Å²) in [5, 5.41) is 3.01. The number of carbonyl (C=O) groups excluding carboxylic acids is 1. The van der Waals surface area contributed by atoms with Crippen LogP contribution in [0.1, 0.15) is 18.1 Å². The minimum atomic E-state index is 0. The number of amides is 1. The van der Waals surface area contributed by atoms with Gasteiger partial charge in [0.25, 0.3) is 5.91 Å². The van der Waals surface area contributed by atoms with Crippen molar-refractivity contribution in [2.75, 3.05) is 32.5 Å². The maximum Gasteiger partial charge on any atom is 0.279 e. The van der Waals surface area contributed by atoms with Gasteiger partial charge in [-0.05, 0) is 31.9 Å². The molecule has 1 radical (unpaired) electrons. The molecule has 4 heteroatoms. The SMILES string of the molecule is CC[N+](C)(C)CC(=O)Nc1c(C)cccc1C.[Y]. The smallest absolute Gasteiger partial charge is 0.279 e. The van der Waals surface area contributed by atoms with E-state index in [4.69, 9.17) is 0 Å². The fourth-order valence-electron chi connectivity index (χ4n) is 1.69. The van der Waals surface area contributed by atoms with Gasteiger partial charge in [-0.3, -0.25) is 4.79 Å². The molecule has 3 nitrogen and oxygen atoms in total. The average molecular weight is 324 g/mol. The summed E-state index contributed by atoms with van der Waals surface area (Å²) in [5.74, 6) is 0.0780. The van der Waals surface area contributed by atoms with E-state index in [1.54, 1.807) is 0 Å². The van der Waals surface area contributed by atoms with Gasteiger partial charge in [-0.15, -0.1) is 0 Å². The second-order valence-corrected chi connectivity index (χ2v) is 5.23. The summed E-state index contributed by atoms with van der Waals surface area (Å²) in [7, 11) is 4.12. The van der Waals surface area contributed by atoms with E-state index < -0.39 is 0 Å². The van der Waals surface area contributed by atoms with Crippen LogP contribution in [0.25, 0.3) is 0 Å². The van der Waals surface area contributed by atoms with Crippen molar-refractivity contribution in [3.8, 4) is 0 Å². The Kier molecular flexibility index (Phi) is 7.27. The summed E-state index contributed by atoms with van der Waals surface area (Å²) in [6.07, 6.45) is 0. The van der Waals surface area contributed by atoms with Crippen molar-refractivity contribution in [1.82, 2.24) is 0 Å². The Hall–Kier alpha value is -0.246. The molecule has 0 aliphatic heterocycles. The molecule has 0 heterocycles. The van der Waals surface area contributed by atoms with Crippen molar-refractivity contribution >= 4 is 11.6 Å². The van der Waals surface area contributed by atoms with Crippen LogP contribution in [0.3, 0.4) is 0 Å². The van der Waals surface area contributed by atoms with Gasteiger partial charge < -0.3 is 9.80 Å². The Labute approximate surface area is 135 Å². The molecule has 1 rings (SSSR count). The molecule has 0 aliphatic rings. The van der Waals surface area contributed by atoms with Crippen molar-refractivity contribution in [3.63, 3.8) is 0 Å². The van der Waals surface area contributed by atoms with Crippen LogP contribution in [0.5, 0.6) is 0 Å². The maximum atomic E-state index is 12.0. The zero-order chi connectivity index (χ0) is 13.1. The van der Waals surface area contributed by atoms with Crippen molar-refractivity contribution < 1.29 is 42.0 Å². The van der Waals surface area contributed by atoms with E-state index in [1.807, 2.05) is 32.0 Å². The number of nitrogens with one attached hydrogen (secondary N) is 1. The van der Waals surface area contributed by atoms with Crippen LogP contribution in [0.2, 0.25) is 0 Å². The van der Waals surface area contributed by atoms with Gasteiger partial charge >= 0.3 is 0 Å². The molecule has 0 fully saturated rings. The number of quaternary nitrogens is 1. The Bertz CT molecular complexity index is 396. The predicted octanol–water partition coefficient (Wildman–Crippen LogP) is 2.34. The molecule has 0 unspecified atom stereocenters. The Balaban J connectivity index is 0.00000289. The zero-order valence-electron chi connectivity index (χ0n) is 12.1. The van der Waals surface area contributed by atoms with E-state index in [1.165, 1.54) is 0 Å². The van der Waals surface area contributed by atoms with Crippen LogP contribution in [0.4, 0.5) is 5.69 Å². The quantitative estimate of drug-likeness (QED) is 0.847. The third-order valence-electron chi connectivity index (χ3n) is 3.17. The Morgan fingerprint density at radius 1 is 1.22 bits per heavy atom. The number of hydrogen-bond donors (Lipinski definition) is 1. The van der Waals surface area contributed by atoms with Crippen molar-refractivity contribution in [2.24, 2.45) is 0 Å². The summed E-state index contributed by atoms with van der Waals surface area (Å²) in [6.45, 7) is 7.57. The number of anilines is 1. The first-order chi connectivity index (χ1) is 7.85. The molecule has 18 heavy (non-hydrogen) atoms. The average Bonchev–Trinajstić information content (AvgIpc) is 2.23. The summed E-state index contributed by atoms with van der Waals surface area (Å²) < 4.78 is 0.705. The van der Waals surface area contributed by atoms with Crippen LogP contribution in [-0.2, 0) is 37.5 Å². The van der Waals surface area contributed by atoms with E-state index >= 15 is 0 Å². The molecule has 0 saturated carbocycles. The molecule has 0 bridgehead atoms. The molecule has 1 N–H and O–H groups in total. The molecular weight excluding hydrogens is 301 g/mol. The molecule has 0 aliphatic carbocycles. The molecular formula is C14H23N2OY+. The molecule has 1 amide bonds. The summed E-state index contributed by atoms with van der Waals surface area (Å²) in [4.78, 5) is 12.0. The molecule has 1 aromatic carbocycles. The molecule has 0 aromatic heterocycles. The Morgan fingerprint density at radius 3 is 2.17 bits per heavy atom. The number of aryl methyl sites for hydroxylation is 2. The first-order valence-electron chi connectivity index (χ1n) is 6.04. The van der Waals surface area contributed by atoms with Crippen LogP contribution in [0, 0.1) is 13.8 Å². The fourth-order valence-corrected chi connectivity index (χ4v) is 1.69. The number of likely N-dealkylation sites (N-methyl/N-ethyl adjacent to an activating group) is 1. The fraction of sp³-hybridized carbons (Fsp3) is 0.500. The number of para-hydroxylation sites is 1. The second kappa shape index (κ2) is 7.37. The largest absolute Gasteiger partial charge is 0.321 e. The zero-order valence-corrected chi connectivity index (χ0v) is 14.9. The number of carbonyl (C=O) groups is 1. The Morgan fingerprint density at radius 2 is 1.72 bits per heavy atom. The van der Waals surface area contributed by atoms with Gasteiger partial charge in [0.05, 0.1) is 20.6 Å². The third kappa shape index (κ3) is 5.17. The number of nitrogens with zero attached hydrogens (tertiary/aromatic N) is 1. The standard InChI is InChI=1S/C14H22N2O.Y/c1-6-16(4,5)10-13(17)15-14-11(2)8-7-9-12(14)3;/h7-9H,6,10H2,1-5H3;/p+1. The van der Waals surface area contributed by atoms with Crippen molar-refractivity contribution in [3.05, 3.63) is 29.3 Å². The van der Waals surface area contributed by atoms with Crippen LogP contribution < -0.4 is 5.32 Å². The van der Waals surface area contributed by atoms with Gasteiger partial charge in [0, 0.05) is 38.4 Å². The van der Waals surface area contributed by atoms with Gasteiger partial charge in [-0.1, -0.05) is 18.2 Å². The van der Waals surface area contributed by atoms with Gasteiger partial charge in [0.2, 0.25) is 0 Å². The molecule has 0 saturated heterocycles. The number of benzene rings is 1. The van der Waals surface area contributed by atoms with Crippen molar-refractivity contribution in [2.45, 2.75) is 20.8 Å². The maximum absolute atomic E-state index is 12.0. The number of hydrogen-bond acceptors (Lipinski definition) is 1. The van der Waals surface area contributed by atoms with Crippen LogP contribution >= 0.6 is 0 Å². The molecule has 0 spiro atoms. The predicted molar refractivity (Wildman–Crippen MR) is 72.1 cm³/mol. The molecule has 0 atom stereocenters. The minimum absolute atomic E-state index is 0. The van der Waals surface area contributed by atoms with Gasteiger partial charge in [-0.2, -0.15) is 0 Å². The topological polar surface area (TPSA) is 29.1 Å². The third-order valence-corrected chi connectivity index (χ3v) is 3.17. The molecule has 1 aromatic rings. The monoisotopic (exact) mass is 324 g/mol. The van der Waals surface area contributed by atoms with Crippen LogP contribution in [-0.4, -0.2) is 37.6 Å². The molecule has 97 valence electrons. The summed E-state index contributed by atoms with van der Waals surface area (Å²) >= 11 is 0. The van der Waals surface area contributed by atoms with Crippen LogP contribution in [0.15, 0.2) is 18.2 Å². The van der Waals surface area contributed by atoms with Gasteiger partial charge in [0.15, 0.2) is 6.54 Å². The van der Waals surface area contributed by atoms with Gasteiger partial charge in [0.1, 0.15) is 0 Å². The number of rotatable bonds is 4. The van der Waals surface area contributed by atoms with E-state index in [9.17, 15) is 4.79 Å². The first-order valence-corrected chi connectivity index (χ1v) is 6.04. The van der Waals surface area contributed by atoms with Gasteiger partial charge in [-0.25, -0.2) is 0 Å². The first kappa shape index (κ1) is 17.8. The van der Waals surface area contributed by atoms with Crippen molar-refractivity contribution in [1.29, 1.82) is 0 Å². The second-order valence-electron chi connectivity index (χ2n) is 5.23. The summed E-state index contributed by atoms with van der Waals surface area (Å²) in [5.41, 5.74) is 3.17. The van der Waals surface area contributed by atoms with E-state index in [0.717, 1.165) is 23.4 Å². The van der Waals surface area contributed by atoms with E-state index in [2.05, 4.69) is 26.3 Å². The van der Waals surface area contributed by atoms with E-state index in [-0.39, 0.29) is 38.6 Å². The normalized spacial score (nSPS) is 10.7. The minimum Gasteiger partial charge on any atom is -0.321 e. The van der Waals surface area contributed by atoms with E-state index in [0.29, 0.717) is 11.0 Å².